The van der Waals surface area contributed by atoms with E-state index in [1.807, 2.05) is 0 Å². The lowest BCUT2D eigenvalue weighted by atomic mass is 10.1. The second-order valence-corrected chi connectivity index (χ2v) is 4.56. The third-order valence-corrected chi connectivity index (χ3v) is 3.03. The molecule has 0 spiro atoms. The Bertz CT molecular complexity index is 629. The fraction of sp³-hybridized carbons (Fsp3) is 0.286. The topological polar surface area (TPSA) is 74.8 Å². The molecule has 0 aliphatic carbocycles. The van der Waals surface area contributed by atoms with E-state index < -0.39 is 36.0 Å². The van der Waals surface area contributed by atoms with Gasteiger partial charge in [0, 0.05) is 12.1 Å². The number of imide groups is 2. The van der Waals surface area contributed by atoms with Crippen molar-refractivity contribution in [3.05, 3.63) is 35.6 Å². The van der Waals surface area contributed by atoms with E-state index in [4.69, 9.17) is 0 Å². The predicted molar refractivity (Wildman–Crippen MR) is 69.8 cm³/mol. The van der Waals surface area contributed by atoms with Crippen molar-refractivity contribution in [3.63, 3.8) is 0 Å². The van der Waals surface area contributed by atoms with E-state index in [9.17, 15) is 23.6 Å². The first-order chi connectivity index (χ1) is 9.95. The maximum absolute atomic E-state index is 13.1. The Balaban J connectivity index is 2.16. The molecule has 0 saturated carbocycles. The second-order valence-electron chi connectivity index (χ2n) is 4.56. The van der Waals surface area contributed by atoms with E-state index in [1.54, 1.807) is 6.92 Å². The van der Waals surface area contributed by atoms with Crippen molar-refractivity contribution in [2.24, 2.45) is 0 Å². The second kappa shape index (κ2) is 5.82. The highest BCUT2D eigenvalue weighted by atomic mass is 19.1. The van der Waals surface area contributed by atoms with Gasteiger partial charge in [0.15, 0.2) is 5.78 Å². The van der Waals surface area contributed by atoms with Gasteiger partial charge in [0.25, 0.3) is 0 Å². The van der Waals surface area contributed by atoms with Crippen LogP contribution in [0.5, 0.6) is 0 Å². The molecule has 6 nitrogen and oxygen atoms in total. The van der Waals surface area contributed by atoms with Gasteiger partial charge in [0.1, 0.15) is 5.82 Å². The van der Waals surface area contributed by atoms with Crippen LogP contribution < -0.4 is 0 Å². The minimum absolute atomic E-state index is 0.0389. The van der Waals surface area contributed by atoms with E-state index >= 15 is 0 Å². The summed E-state index contributed by atoms with van der Waals surface area (Å²) in [5, 5.41) is 0. The maximum atomic E-state index is 13.1. The van der Waals surface area contributed by atoms with Gasteiger partial charge in [-0.3, -0.25) is 19.3 Å². The molecule has 1 aromatic carbocycles. The van der Waals surface area contributed by atoms with Crippen LogP contribution in [0.3, 0.4) is 0 Å². The lowest BCUT2D eigenvalue weighted by molar-refractivity contribution is -0.143. The van der Waals surface area contributed by atoms with E-state index in [-0.39, 0.29) is 12.1 Å². The van der Waals surface area contributed by atoms with Crippen molar-refractivity contribution < 1.29 is 23.6 Å². The van der Waals surface area contributed by atoms with Gasteiger partial charge in [-0.1, -0.05) is 19.1 Å². The molecule has 1 aliphatic heterocycles. The SMILES string of the molecule is CCCN1C(=O)C(=O)N(CC(=O)c2cccc(F)c2)C1=O. The fourth-order valence-corrected chi connectivity index (χ4v) is 2.01. The molecule has 7 heteroatoms. The molecular formula is C14H13FN2O4. The first-order valence-corrected chi connectivity index (χ1v) is 6.41. The first-order valence-electron chi connectivity index (χ1n) is 6.41. The molecule has 1 aliphatic rings. The molecule has 1 aromatic rings. The van der Waals surface area contributed by atoms with Crippen LogP contribution in [0.15, 0.2) is 24.3 Å². The van der Waals surface area contributed by atoms with E-state index in [0.29, 0.717) is 11.3 Å². The Morgan fingerprint density at radius 1 is 1.14 bits per heavy atom. The highest BCUT2D eigenvalue weighted by Gasteiger charge is 2.44. The minimum atomic E-state index is -1.03. The van der Waals surface area contributed by atoms with Gasteiger partial charge in [-0.15, -0.1) is 0 Å². The number of hydrogen-bond acceptors (Lipinski definition) is 4. The van der Waals surface area contributed by atoms with Gasteiger partial charge in [-0.05, 0) is 18.6 Å². The Kier molecular flexibility index (Phi) is 4.11. The van der Waals surface area contributed by atoms with Crippen LogP contribution in [0.4, 0.5) is 9.18 Å². The Morgan fingerprint density at radius 2 is 1.81 bits per heavy atom. The van der Waals surface area contributed by atoms with Gasteiger partial charge in [-0.25, -0.2) is 14.1 Å². The predicted octanol–water partition coefficient (Wildman–Crippen LogP) is 1.21. The average molecular weight is 292 g/mol. The lowest BCUT2D eigenvalue weighted by Crippen LogP contribution is -2.37. The number of benzene rings is 1. The molecule has 1 saturated heterocycles. The van der Waals surface area contributed by atoms with Crippen LogP contribution >= 0.6 is 0 Å². The zero-order valence-corrected chi connectivity index (χ0v) is 11.3. The van der Waals surface area contributed by atoms with Gasteiger partial charge in [0.05, 0.1) is 6.54 Å². The van der Waals surface area contributed by atoms with Crippen molar-refractivity contribution >= 4 is 23.6 Å². The largest absolute Gasteiger partial charge is 0.334 e. The number of amides is 4. The zero-order chi connectivity index (χ0) is 15.6. The smallest absolute Gasteiger partial charge is 0.292 e. The molecule has 4 amide bonds. The quantitative estimate of drug-likeness (QED) is 0.464. The summed E-state index contributed by atoms with van der Waals surface area (Å²) in [6, 6.07) is 4.11. The van der Waals surface area contributed by atoms with Crippen molar-refractivity contribution in [1.82, 2.24) is 9.80 Å². The Hall–Kier alpha value is -2.57. The van der Waals surface area contributed by atoms with Crippen LogP contribution in [-0.4, -0.2) is 46.5 Å². The highest BCUT2D eigenvalue weighted by Crippen LogP contribution is 2.14. The highest BCUT2D eigenvalue weighted by molar-refractivity contribution is 6.45. The molecule has 0 bridgehead atoms. The number of nitrogens with zero attached hydrogens (tertiary/aromatic N) is 2. The molecular weight excluding hydrogens is 279 g/mol. The first kappa shape index (κ1) is 14.8. The minimum Gasteiger partial charge on any atom is -0.292 e. The number of halogens is 1. The fourth-order valence-electron chi connectivity index (χ4n) is 2.01. The number of Topliss-reactive ketones (excluding diaryl/α,β-unsaturated/α-hetero) is 1. The summed E-state index contributed by atoms with van der Waals surface area (Å²) in [5.41, 5.74) is 0.0389. The molecule has 0 aromatic heterocycles. The number of ketones is 1. The number of rotatable bonds is 5. The Labute approximate surface area is 120 Å². The van der Waals surface area contributed by atoms with Gasteiger partial charge in [0.2, 0.25) is 0 Å². The van der Waals surface area contributed by atoms with Gasteiger partial charge < -0.3 is 0 Å². The molecule has 1 heterocycles. The third kappa shape index (κ3) is 2.81. The summed E-state index contributed by atoms with van der Waals surface area (Å²) in [4.78, 5) is 48.7. The van der Waals surface area contributed by atoms with Crippen LogP contribution in [0.2, 0.25) is 0 Å². The summed E-state index contributed by atoms with van der Waals surface area (Å²) in [5.74, 6) is -3.17. The summed E-state index contributed by atoms with van der Waals surface area (Å²) in [7, 11) is 0. The molecule has 0 N–H and O–H groups in total. The van der Waals surface area contributed by atoms with E-state index in [2.05, 4.69) is 0 Å². The van der Waals surface area contributed by atoms with Crippen LogP contribution in [0.25, 0.3) is 0 Å². The summed E-state index contributed by atoms with van der Waals surface area (Å²) in [6.07, 6.45) is 0.510. The summed E-state index contributed by atoms with van der Waals surface area (Å²) < 4.78 is 13.1. The average Bonchev–Trinajstić information content (AvgIpc) is 2.65. The molecule has 2 rings (SSSR count). The van der Waals surface area contributed by atoms with E-state index in [1.165, 1.54) is 18.2 Å². The Morgan fingerprint density at radius 3 is 2.43 bits per heavy atom. The monoisotopic (exact) mass is 292 g/mol. The van der Waals surface area contributed by atoms with E-state index in [0.717, 1.165) is 11.0 Å². The molecule has 0 radical (unpaired) electrons. The van der Waals surface area contributed by atoms with Crippen molar-refractivity contribution in [3.8, 4) is 0 Å². The van der Waals surface area contributed by atoms with Gasteiger partial charge in [-0.2, -0.15) is 0 Å². The normalized spacial score (nSPS) is 15.0. The van der Waals surface area contributed by atoms with Crippen molar-refractivity contribution in [2.45, 2.75) is 13.3 Å². The van der Waals surface area contributed by atoms with Crippen LogP contribution in [0.1, 0.15) is 23.7 Å². The van der Waals surface area contributed by atoms with Crippen molar-refractivity contribution in [2.75, 3.05) is 13.1 Å². The van der Waals surface area contributed by atoms with Crippen LogP contribution in [-0.2, 0) is 9.59 Å². The number of carbonyl (C=O) groups is 4. The third-order valence-electron chi connectivity index (χ3n) is 3.03. The molecule has 110 valence electrons. The number of carbonyl (C=O) groups excluding carboxylic acids is 4. The number of hydrogen-bond donors (Lipinski definition) is 0. The van der Waals surface area contributed by atoms with Crippen molar-refractivity contribution in [1.29, 1.82) is 0 Å². The molecule has 0 unspecified atom stereocenters. The maximum Gasteiger partial charge on any atom is 0.334 e. The molecule has 1 fully saturated rings. The summed E-state index contributed by atoms with van der Waals surface area (Å²) in [6.45, 7) is 1.30. The standard InChI is InChI=1S/C14H13FN2O4/c1-2-6-16-12(19)13(20)17(14(16)21)8-11(18)9-4-3-5-10(15)7-9/h3-5,7H,2,6,8H2,1H3. The number of urea groups is 1. The van der Waals surface area contributed by atoms with Crippen LogP contribution in [0, 0.1) is 5.82 Å². The molecule has 0 atom stereocenters. The summed E-state index contributed by atoms with van der Waals surface area (Å²) >= 11 is 0. The lowest BCUT2D eigenvalue weighted by Gasteiger charge is -2.14. The molecule has 21 heavy (non-hydrogen) atoms. The zero-order valence-electron chi connectivity index (χ0n) is 11.3. The van der Waals surface area contributed by atoms with Gasteiger partial charge >= 0.3 is 17.8 Å².